The third kappa shape index (κ3) is 4.27. The van der Waals surface area contributed by atoms with E-state index in [1.54, 1.807) is 6.07 Å². The zero-order valence-electron chi connectivity index (χ0n) is 13.4. The van der Waals surface area contributed by atoms with E-state index in [-0.39, 0.29) is 11.8 Å². The highest BCUT2D eigenvalue weighted by Gasteiger charge is 2.23. The van der Waals surface area contributed by atoms with E-state index in [0.29, 0.717) is 29.6 Å². The van der Waals surface area contributed by atoms with E-state index in [9.17, 15) is 4.79 Å². The van der Waals surface area contributed by atoms with Crippen LogP contribution in [0.1, 0.15) is 37.3 Å². The highest BCUT2D eigenvalue weighted by atomic mass is 35.5. The van der Waals surface area contributed by atoms with Gasteiger partial charge in [-0.15, -0.1) is 0 Å². The summed E-state index contributed by atoms with van der Waals surface area (Å²) in [5.41, 5.74) is 1.96. The van der Waals surface area contributed by atoms with E-state index in [4.69, 9.17) is 23.2 Å². The zero-order chi connectivity index (χ0) is 16.8. The van der Waals surface area contributed by atoms with Crippen LogP contribution >= 0.6 is 23.2 Å². The second-order valence-electron chi connectivity index (χ2n) is 5.38. The smallest absolute Gasteiger partial charge is 0.223 e. The average molecular weight is 350 g/mol. The van der Waals surface area contributed by atoms with Crippen LogP contribution in [0.2, 0.25) is 10.0 Å². The molecule has 1 unspecified atom stereocenters. The number of amides is 1. The molecule has 122 valence electrons. The molecular formula is C19H21Cl2NO. The molecule has 2 aromatic rings. The number of benzene rings is 2. The first kappa shape index (κ1) is 17.8. The molecule has 0 bridgehead atoms. The molecule has 4 heteroatoms. The molecule has 2 aromatic carbocycles. The lowest BCUT2D eigenvalue weighted by Gasteiger charge is -2.24. The summed E-state index contributed by atoms with van der Waals surface area (Å²) in [6.07, 6.45) is 0.381. The van der Waals surface area contributed by atoms with Gasteiger partial charge in [0, 0.05) is 25.4 Å². The van der Waals surface area contributed by atoms with Gasteiger partial charge in [-0.25, -0.2) is 0 Å². The minimum absolute atomic E-state index is 0.101. The molecule has 0 aliphatic carbocycles. The van der Waals surface area contributed by atoms with E-state index < -0.39 is 0 Å². The summed E-state index contributed by atoms with van der Waals surface area (Å²) in [7, 11) is 0. The van der Waals surface area contributed by atoms with Gasteiger partial charge in [-0.1, -0.05) is 65.7 Å². The van der Waals surface area contributed by atoms with E-state index in [1.165, 1.54) is 0 Å². The number of rotatable bonds is 6. The first-order valence-electron chi connectivity index (χ1n) is 7.85. The molecule has 0 radical (unpaired) electrons. The zero-order valence-corrected chi connectivity index (χ0v) is 14.9. The van der Waals surface area contributed by atoms with Gasteiger partial charge in [-0.2, -0.15) is 0 Å². The molecule has 2 nitrogen and oxygen atoms in total. The molecular weight excluding hydrogens is 329 g/mol. The Hall–Kier alpha value is -1.51. The van der Waals surface area contributed by atoms with Gasteiger partial charge < -0.3 is 4.90 Å². The summed E-state index contributed by atoms with van der Waals surface area (Å²) >= 11 is 12.6. The molecule has 1 atom stereocenters. The summed E-state index contributed by atoms with van der Waals surface area (Å²) < 4.78 is 0. The number of carbonyl (C=O) groups is 1. The Kier molecular flexibility index (Phi) is 6.49. The Morgan fingerprint density at radius 3 is 2.26 bits per heavy atom. The van der Waals surface area contributed by atoms with Gasteiger partial charge in [-0.3, -0.25) is 4.79 Å². The molecule has 0 aromatic heterocycles. The summed E-state index contributed by atoms with van der Waals surface area (Å²) in [5, 5.41) is 1.04. The summed E-state index contributed by atoms with van der Waals surface area (Å²) in [6.45, 7) is 5.40. The molecule has 0 N–H and O–H groups in total. The lowest BCUT2D eigenvalue weighted by molar-refractivity contribution is -0.131. The molecule has 0 aliphatic rings. The van der Waals surface area contributed by atoms with Gasteiger partial charge in [0.15, 0.2) is 0 Å². The van der Waals surface area contributed by atoms with Crippen LogP contribution in [0, 0.1) is 0 Å². The third-order valence-electron chi connectivity index (χ3n) is 4.05. The van der Waals surface area contributed by atoms with Crippen molar-refractivity contribution >= 4 is 29.1 Å². The SMILES string of the molecule is CCN(CC)C(=O)CC(c1ccccc1)c1cccc(Cl)c1Cl. The van der Waals surface area contributed by atoms with E-state index >= 15 is 0 Å². The van der Waals surface area contributed by atoms with Crippen LogP contribution in [0.3, 0.4) is 0 Å². The largest absolute Gasteiger partial charge is 0.343 e. The molecule has 0 heterocycles. The van der Waals surface area contributed by atoms with E-state index in [1.807, 2.05) is 61.2 Å². The standard InChI is InChI=1S/C19H21Cl2NO/c1-3-22(4-2)18(23)13-16(14-9-6-5-7-10-14)15-11-8-12-17(20)19(15)21/h5-12,16H,3-4,13H2,1-2H3. The maximum Gasteiger partial charge on any atom is 0.223 e. The maximum absolute atomic E-state index is 12.6. The topological polar surface area (TPSA) is 20.3 Å². The van der Waals surface area contributed by atoms with Gasteiger partial charge in [0.05, 0.1) is 10.0 Å². The number of hydrogen-bond acceptors (Lipinski definition) is 1. The number of hydrogen-bond donors (Lipinski definition) is 0. The Morgan fingerprint density at radius 1 is 1.00 bits per heavy atom. The van der Waals surface area contributed by atoms with Gasteiger partial charge in [0.25, 0.3) is 0 Å². The Morgan fingerprint density at radius 2 is 1.65 bits per heavy atom. The summed E-state index contributed by atoms with van der Waals surface area (Å²) in [4.78, 5) is 14.5. The highest BCUT2D eigenvalue weighted by molar-refractivity contribution is 6.42. The van der Waals surface area contributed by atoms with Crippen molar-refractivity contribution in [3.63, 3.8) is 0 Å². The molecule has 0 spiro atoms. The predicted molar refractivity (Wildman–Crippen MR) is 97.3 cm³/mol. The molecule has 1 amide bonds. The minimum atomic E-state index is -0.101. The van der Waals surface area contributed by atoms with Crippen LogP contribution in [0.15, 0.2) is 48.5 Å². The third-order valence-corrected chi connectivity index (χ3v) is 4.89. The Bertz CT molecular complexity index is 654. The number of nitrogens with zero attached hydrogens (tertiary/aromatic N) is 1. The Balaban J connectivity index is 2.41. The maximum atomic E-state index is 12.6. The van der Waals surface area contributed by atoms with E-state index in [0.717, 1.165) is 11.1 Å². The number of carbonyl (C=O) groups excluding carboxylic acids is 1. The molecule has 0 aliphatic heterocycles. The fourth-order valence-electron chi connectivity index (χ4n) is 2.76. The number of halogens is 2. The molecule has 2 rings (SSSR count). The van der Waals surface area contributed by atoms with Crippen molar-refractivity contribution in [2.24, 2.45) is 0 Å². The Labute approximate surface area is 148 Å². The van der Waals surface area contributed by atoms with Gasteiger partial charge in [0.2, 0.25) is 5.91 Å². The van der Waals surface area contributed by atoms with Crippen LogP contribution in [0.4, 0.5) is 0 Å². The van der Waals surface area contributed by atoms with Gasteiger partial charge in [0.1, 0.15) is 0 Å². The second-order valence-corrected chi connectivity index (χ2v) is 6.16. The van der Waals surface area contributed by atoms with Crippen molar-refractivity contribution < 1.29 is 4.79 Å². The van der Waals surface area contributed by atoms with Gasteiger partial charge >= 0.3 is 0 Å². The van der Waals surface area contributed by atoms with Gasteiger partial charge in [-0.05, 0) is 31.0 Å². The first-order chi connectivity index (χ1) is 11.1. The fraction of sp³-hybridized carbons (Fsp3) is 0.316. The minimum Gasteiger partial charge on any atom is -0.343 e. The second kappa shape index (κ2) is 8.37. The monoisotopic (exact) mass is 349 g/mol. The molecule has 23 heavy (non-hydrogen) atoms. The van der Waals surface area contributed by atoms with E-state index in [2.05, 4.69) is 0 Å². The lowest BCUT2D eigenvalue weighted by atomic mass is 9.88. The molecule has 0 saturated carbocycles. The van der Waals surface area contributed by atoms with Crippen LogP contribution in [0.25, 0.3) is 0 Å². The highest BCUT2D eigenvalue weighted by Crippen LogP contribution is 2.36. The van der Waals surface area contributed by atoms with Crippen molar-refractivity contribution in [2.75, 3.05) is 13.1 Å². The van der Waals surface area contributed by atoms with Crippen molar-refractivity contribution in [3.8, 4) is 0 Å². The van der Waals surface area contributed by atoms with Crippen LogP contribution in [-0.2, 0) is 4.79 Å². The fourth-order valence-corrected chi connectivity index (χ4v) is 3.20. The summed E-state index contributed by atoms with van der Waals surface area (Å²) in [6, 6.07) is 15.6. The van der Waals surface area contributed by atoms with Crippen molar-refractivity contribution in [3.05, 3.63) is 69.7 Å². The molecule has 0 saturated heterocycles. The van der Waals surface area contributed by atoms with Crippen molar-refractivity contribution in [2.45, 2.75) is 26.2 Å². The predicted octanol–water partition coefficient (Wildman–Crippen LogP) is 5.38. The van der Waals surface area contributed by atoms with Crippen molar-refractivity contribution in [1.82, 2.24) is 4.90 Å². The lowest BCUT2D eigenvalue weighted by Crippen LogP contribution is -2.31. The normalized spacial score (nSPS) is 12.0. The molecule has 0 fully saturated rings. The summed E-state index contributed by atoms with van der Waals surface area (Å²) in [5.74, 6) is 0.0235. The van der Waals surface area contributed by atoms with Crippen LogP contribution < -0.4 is 0 Å². The quantitative estimate of drug-likeness (QED) is 0.685. The van der Waals surface area contributed by atoms with Crippen LogP contribution in [-0.4, -0.2) is 23.9 Å². The first-order valence-corrected chi connectivity index (χ1v) is 8.60. The van der Waals surface area contributed by atoms with Crippen LogP contribution in [0.5, 0.6) is 0 Å². The van der Waals surface area contributed by atoms with Crippen molar-refractivity contribution in [1.29, 1.82) is 0 Å². The average Bonchev–Trinajstić information content (AvgIpc) is 2.57.